The normalized spacial score (nSPS) is 25.7. The summed E-state index contributed by atoms with van der Waals surface area (Å²) in [5.74, 6) is -0.513. The van der Waals surface area contributed by atoms with E-state index in [0.29, 0.717) is 44.8 Å². The molecule has 8 heteroatoms. The first kappa shape index (κ1) is 28.0. The van der Waals surface area contributed by atoms with Crippen LogP contribution in [-0.4, -0.2) is 92.0 Å². The van der Waals surface area contributed by atoms with Crippen LogP contribution in [0.15, 0.2) is 30.3 Å². The Morgan fingerprint density at radius 1 is 1.16 bits per heavy atom. The van der Waals surface area contributed by atoms with Gasteiger partial charge >= 0.3 is 6.03 Å². The van der Waals surface area contributed by atoms with Gasteiger partial charge in [0, 0.05) is 51.6 Å². The van der Waals surface area contributed by atoms with Crippen molar-refractivity contribution in [1.82, 2.24) is 20.0 Å². The lowest BCUT2D eigenvalue weighted by molar-refractivity contribution is -0.204. The molecule has 8 nitrogen and oxygen atoms in total. The zero-order valence-corrected chi connectivity index (χ0v) is 23.4. The SMILES string of the molecule is CCN(C(=O)NCC(C)(C)CN(C)C)C(=O)[C@@H]1C[C@@H]2CC3(CC[C@H]2N(Cc2ccccc2)C1)OCCO3. The van der Waals surface area contributed by atoms with E-state index in [0.717, 1.165) is 38.8 Å². The van der Waals surface area contributed by atoms with Crippen LogP contribution in [0.5, 0.6) is 0 Å². The van der Waals surface area contributed by atoms with E-state index in [1.165, 1.54) is 10.5 Å². The first-order valence-electron chi connectivity index (χ1n) is 13.9. The lowest BCUT2D eigenvalue weighted by atomic mass is 9.72. The number of hydrogen-bond donors (Lipinski definition) is 1. The van der Waals surface area contributed by atoms with Crippen molar-refractivity contribution in [2.24, 2.45) is 17.3 Å². The molecule has 206 valence electrons. The van der Waals surface area contributed by atoms with Crippen LogP contribution in [0, 0.1) is 17.3 Å². The summed E-state index contributed by atoms with van der Waals surface area (Å²) in [7, 11) is 4.06. The van der Waals surface area contributed by atoms with Crippen molar-refractivity contribution in [3.05, 3.63) is 35.9 Å². The van der Waals surface area contributed by atoms with Crippen molar-refractivity contribution in [2.75, 3.05) is 53.5 Å². The summed E-state index contributed by atoms with van der Waals surface area (Å²) in [4.78, 5) is 33.0. The maximum Gasteiger partial charge on any atom is 0.324 e. The summed E-state index contributed by atoms with van der Waals surface area (Å²) in [6, 6.07) is 10.6. The van der Waals surface area contributed by atoms with Crippen molar-refractivity contribution in [3.63, 3.8) is 0 Å². The molecule has 1 N–H and O–H groups in total. The van der Waals surface area contributed by atoms with E-state index in [1.54, 1.807) is 0 Å². The Bertz CT molecular complexity index is 916. The molecule has 2 saturated heterocycles. The van der Waals surface area contributed by atoms with Gasteiger partial charge in [-0.25, -0.2) is 4.79 Å². The van der Waals surface area contributed by atoms with Gasteiger partial charge in [-0.15, -0.1) is 0 Å². The number of urea groups is 1. The van der Waals surface area contributed by atoms with Crippen molar-refractivity contribution < 1.29 is 19.1 Å². The molecule has 1 aromatic carbocycles. The molecule has 2 aliphatic heterocycles. The second-order valence-electron chi connectivity index (χ2n) is 12.2. The second-order valence-corrected chi connectivity index (χ2v) is 12.2. The predicted molar refractivity (Wildman–Crippen MR) is 144 cm³/mol. The molecule has 3 atom stereocenters. The maximum absolute atomic E-state index is 13.8. The van der Waals surface area contributed by atoms with Crippen LogP contribution >= 0.6 is 0 Å². The number of benzene rings is 1. The minimum atomic E-state index is -0.496. The van der Waals surface area contributed by atoms with Gasteiger partial charge in [-0.2, -0.15) is 0 Å². The molecule has 0 bridgehead atoms. The average Bonchev–Trinajstić information content (AvgIpc) is 3.30. The fraction of sp³-hybridized carbons (Fsp3) is 0.724. The van der Waals surface area contributed by atoms with E-state index < -0.39 is 5.79 Å². The van der Waals surface area contributed by atoms with E-state index in [2.05, 4.69) is 53.2 Å². The van der Waals surface area contributed by atoms with Crippen LogP contribution in [-0.2, 0) is 20.8 Å². The number of nitrogens with zero attached hydrogens (tertiary/aromatic N) is 3. The molecule has 0 aromatic heterocycles. The maximum atomic E-state index is 13.8. The molecule has 3 aliphatic rings. The van der Waals surface area contributed by atoms with E-state index in [9.17, 15) is 9.59 Å². The van der Waals surface area contributed by atoms with Gasteiger partial charge in [-0.1, -0.05) is 44.2 Å². The van der Waals surface area contributed by atoms with Crippen LogP contribution in [0.3, 0.4) is 0 Å². The fourth-order valence-electron chi connectivity index (χ4n) is 6.70. The van der Waals surface area contributed by atoms with Gasteiger partial charge < -0.3 is 19.7 Å². The van der Waals surface area contributed by atoms with Crippen molar-refractivity contribution >= 4 is 11.9 Å². The summed E-state index contributed by atoms with van der Waals surface area (Å²) in [5.41, 5.74) is 1.15. The molecule has 37 heavy (non-hydrogen) atoms. The zero-order chi connectivity index (χ0) is 26.6. The highest BCUT2D eigenvalue weighted by atomic mass is 16.7. The zero-order valence-electron chi connectivity index (χ0n) is 23.4. The summed E-state index contributed by atoms with van der Waals surface area (Å²) >= 11 is 0. The number of carbonyl (C=O) groups excluding carboxylic acids is 2. The first-order valence-corrected chi connectivity index (χ1v) is 13.9. The highest BCUT2D eigenvalue weighted by molar-refractivity contribution is 5.95. The minimum Gasteiger partial charge on any atom is -0.348 e. The molecule has 1 aliphatic carbocycles. The van der Waals surface area contributed by atoms with Gasteiger partial charge in [0.25, 0.3) is 0 Å². The van der Waals surface area contributed by atoms with E-state index >= 15 is 0 Å². The standard InChI is InChI=1S/C29H46N4O4/c1-6-33(27(35)30-20-28(2,3)21-31(4)5)26(34)24-16-23-17-29(36-14-15-37-29)13-12-25(23)32(19-24)18-22-10-8-7-9-11-22/h7-11,23-25H,6,12-21H2,1-5H3,(H,30,35)/t23-,24-,25-/m1/s1. The summed E-state index contributed by atoms with van der Waals surface area (Å²) < 4.78 is 12.1. The van der Waals surface area contributed by atoms with Crippen LogP contribution in [0.2, 0.25) is 0 Å². The predicted octanol–water partition coefficient (Wildman–Crippen LogP) is 3.57. The molecule has 2 heterocycles. The Morgan fingerprint density at radius 2 is 1.86 bits per heavy atom. The van der Waals surface area contributed by atoms with Gasteiger partial charge in [0.2, 0.25) is 5.91 Å². The molecule has 1 spiro atoms. The Kier molecular flexibility index (Phi) is 8.94. The molecule has 0 radical (unpaired) electrons. The molecular weight excluding hydrogens is 468 g/mol. The summed E-state index contributed by atoms with van der Waals surface area (Å²) in [5, 5.41) is 3.03. The third-order valence-electron chi connectivity index (χ3n) is 8.13. The summed E-state index contributed by atoms with van der Waals surface area (Å²) in [6.45, 7) is 10.6. The van der Waals surface area contributed by atoms with Crippen LogP contribution in [0.1, 0.15) is 52.0 Å². The highest BCUT2D eigenvalue weighted by Gasteiger charge is 2.50. The molecular formula is C29H46N4O4. The van der Waals surface area contributed by atoms with Crippen molar-refractivity contribution in [2.45, 2.75) is 64.8 Å². The van der Waals surface area contributed by atoms with Crippen LogP contribution in [0.4, 0.5) is 4.79 Å². The van der Waals surface area contributed by atoms with E-state index in [-0.39, 0.29) is 23.3 Å². The number of amides is 3. The Hall–Kier alpha value is -2.00. The lowest BCUT2D eigenvalue weighted by Gasteiger charge is -2.50. The Balaban J connectivity index is 1.47. The van der Waals surface area contributed by atoms with Gasteiger partial charge in [0.1, 0.15) is 0 Å². The fourth-order valence-corrected chi connectivity index (χ4v) is 6.70. The van der Waals surface area contributed by atoms with Gasteiger partial charge in [0.05, 0.1) is 19.1 Å². The molecule has 1 saturated carbocycles. The number of likely N-dealkylation sites (tertiary alicyclic amines) is 1. The highest BCUT2D eigenvalue weighted by Crippen LogP contribution is 2.46. The molecule has 0 unspecified atom stereocenters. The van der Waals surface area contributed by atoms with Gasteiger partial charge in [-0.3, -0.25) is 14.6 Å². The lowest BCUT2D eigenvalue weighted by Crippen LogP contribution is -2.58. The largest absolute Gasteiger partial charge is 0.348 e. The number of fused-ring (bicyclic) bond motifs is 1. The third kappa shape index (κ3) is 6.91. The third-order valence-corrected chi connectivity index (χ3v) is 8.13. The van der Waals surface area contributed by atoms with Gasteiger partial charge in [0.15, 0.2) is 5.79 Å². The minimum absolute atomic E-state index is 0.0743. The van der Waals surface area contributed by atoms with Gasteiger partial charge in [-0.05, 0) is 50.8 Å². The van der Waals surface area contributed by atoms with Crippen LogP contribution < -0.4 is 5.32 Å². The quantitative estimate of drug-likeness (QED) is 0.572. The smallest absolute Gasteiger partial charge is 0.324 e. The summed E-state index contributed by atoms with van der Waals surface area (Å²) in [6.07, 6.45) is 3.46. The van der Waals surface area contributed by atoms with Crippen LogP contribution in [0.25, 0.3) is 0 Å². The Morgan fingerprint density at radius 3 is 2.51 bits per heavy atom. The van der Waals surface area contributed by atoms with E-state index in [1.807, 2.05) is 27.1 Å². The number of carbonyl (C=O) groups is 2. The number of piperidine rings is 1. The van der Waals surface area contributed by atoms with Crippen molar-refractivity contribution in [3.8, 4) is 0 Å². The topological polar surface area (TPSA) is 74.4 Å². The molecule has 1 aromatic rings. The average molecular weight is 515 g/mol. The number of ether oxygens (including phenoxy) is 2. The Labute approximate surface area is 222 Å². The number of imide groups is 1. The number of hydrogen-bond acceptors (Lipinski definition) is 6. The second kappa shape index (κ2) is 11.8. The van der Waals surface area contributed by atoms with Crippen molar-refractivity contribution in [1.29, 1.82) is 0 Å². The number of rotatable bonds is 8. The first-order chi connectivity index (χ1) is 17.6. The molecule has 3 fully saturated rings. The van der Waals surface area contributed by atoms with E-state index in [4.69, 9.17) is 9.47 Å². The molecule has 4 rings (SSSR count). The number of nitrogens with one attached hydrogen (secondary N) is 1. The monoisotopic (exact) mass is 514 g/mol. The molecule has 3 amide bonds.